The molecule has 6 heteroatoms. The number of fused-ring (bicyclic) bond motifs is 1. The van der Waals surface area contributed by atoms with E-state index in [9.17, 15) is 8.78 Å². The van der Waals surface area contributed by atoms with Gasteiger partial charge in [-0.15, -0.1) is 0 Å². The molecular formula is C12H11BrF2N2O. The molecule has 1 fully saturated rings. The second-order valence-corrected chi connectivity index (χ2v) is 5.18. The molecule has 0 saturated carbocycles. The number of benzene rings is 1. The van der Waals surface area contributed by atoms with Crippen LogP contribution in [0.4, 0.5) is 8.78 Å². The maximum absolute atomic E-state index is 13.9. The Kier molecular flexibility index (Phi) is 3.07. The molecule has 1 unspecified atom stereocenters. The zero-order chi connectivity index (χ0) is 12.7. The van der Waals surface area contributed by atoms with Crippen molar-refractivity contribution in [2.24, 2.45) is 0 Å². The number of nitrogens with zero attached hydrogens (tertiary/aromatic N) is 2. The molecule has 0 bridgehead atoms. The van der Waals surface area contributed by atoms with Gasteiger partial charge in [-0.3, -0.25) is 0 Å². The Balaban J connectivity index is 2.18. The van der Waals surface area contributed by atoms with Crippen molar-refractivity contribution in [1.29, 1.82) is 0 Å². The first-order chi connectivity index (χ1) is 8.68. The lowest BCUT2D eigenvalue weighted by Gasteiger charge is -2.23. The Hall–Kier alpha value is -1.01. The summed E-state index contributed by atoms with van der Waals surface area (Å²) in [5.74, 6) is -1.76. The number of hydrogen-bond donors (Lipinski definition) is 0. The van der Waals surface area contributed by atoms with Gasteiger partial charge in [-0.2, -0.15) is 5.10 Å². The summed E-state index contributed by atoms with van der Waals surface area (Å²) in [6, 6.07) is 1.12. The van der Waals surface area contributed by atoms with Crippen LogP contribution in [0.25, 0.3) is 10.9 Å². The van der Waals surface area contributed by atoms with Gasteiger partial charge in [0, 0.05) is 16.5 Å². The van der Waals surface area contributed by atoms with E-state index >= 15 is 0 Å². The SMILES string of the molecule is Fc1cc(Br)c2cnn(C3CCCCO3)c2c1F. The zero-order valence-corrected chi connectivity index (χ0v) is 11.1. The van der Waals surface area contributed by atoms with E-state index in [1.165, 1.54) is 10.9 Å². The second-order valence-electron chi connectivity index (χ2n) is 4.33. The molecule has 1 aliphatic heterocycles. The van der Waals surface area contributed by atoms with E-state index in [0.29, 0.717) is 16.5 Å². The van der Waals surface area contributed by atoms with E-state index in [1.807, 2.05) is 0 Å². The predicted molar refractivity (Wildman–Crippen MR) is 66.2 cm³/mol. The molecule has 1 atom stereocenters. The number of halogens is 3. The summed E-state index contributed by atoms with van der Waals surface area (Å²) in [7, 11) is 0. The van der Waals surface area contributed by atoms with Gasteiger partial charge >= 0.3 is 0 Å². The summed E-state index contributed by atoms with van der Waals surface area (Å²) in [5, 5.41) is 4.70. The van der Waals surface area contributed by atoms with E-state index < -0.39 is 11.6 Å². The van der Waals surface area contributed by atoms with Crippen LogP contribution in [0.1, 0.15) is 25.5 Å². The summed E-state index contributed by atoms with van der Waals surface area (Å²) in [6.07, 6.45) is 3.99. The van der Waals surface area contributed by atoms with E-state index in [2.05, 4.69) is 21.0 Å². The molecule has 1 aromatic heterocycles. The fraction of sp³-hybridized carbons (Fsp3) is 0.417. The maximum atomic E-state index is 13.9. The summed E-state index contributed by atoms with van der Waals surface area (Å²) in [5.41, 5.74) is 0.161. The molecule has 0 spiro atoms. The van der Waals surface area contributed by atoms with Crippen molar-refractivity contribution in [2.75, 3.05) is 6.61 Å². The molecule has 0 amide bonds. The summed E-state index contributed by atoms with van der Waals surface area (Å²) >= 11 is 3.22. The van der Waals surface area contributed by atoms with Crippen molar-refractivity contribution < 1.29 is 13.5 Å². The van der Waals surface area contributed by atoms with Gasteiger partial charge in [0.05, 0.1) is 6.20 Å². The molecule has 3 nitrogen and oxygen atoms in total. The van der Waals surface area contributed by atoms with Crippen LogP contribution in [0.2, 0.25) is 0 Å². The van der Waals surface area contributed by atoms with E-state index in [1.54, 1.807) is 0 Å². The third-order valence-corrected chi connectivity index (χ3v) is 3.81. The molecule has 1 aliphatic rings. The van der Waals surface area contributed by atoms with Crippen molar-refractivity contribution in [3.8, 4) is 0 Å². The van der Waals surface area contributed by atoms with Crippen LogP contribution < -0.4 is 0 Å². The van der Waals surface area contributed by atoms with Gasteiger partial charge in [0.1, 0.15) is 5.52 Å². The second kappa shape index (κ2) is 4.59. The zero-order valence-electron chi connectivity index (χ0n) is 9.50. The van der Waals surface area contributed by atoms with Crippen LogP contribution in [0.5, 0.6) is 0 Å². The fourth-order valence-electron chi connectivity index (χ4n) is 2.26. The molecule has 0 aliphatic carbocycles. The highest BCUT2D eigenvalue weighted by Crippen LogP contribution is 2.32. The Morgan fingerprint density at radius 2 is 2.22 bits per heavy atom. The van der Waals surface area contributed by atoms with Crippen LogP contribution >= 0.6 is 15.9 Å². The number of hydrogen-bond acceptors (Lipinski definition) is 2. The highest BCUT2D eigenvalue weighted by Gasteiger charge is 2.23. The van der Waals surface area contributed by atoms with E-state index in [0.717, 1.165) is 25.3 Å². The Bertz CT molecular complexity index is 593. The first-order valence-electron chi connectivity index (χ1n) is 5.81. The largest absolute Gasteiger partial charge is 0.356 e. The molecule has 1 saturated heterocycles. The smallest absolute Gasteiger partial charge is 0.184 e. The van der Waals surface area contributed by atoms with Gasteiger partial charge in [-0.05, 0) is 41.3 Å². The maximum Gasteiger partial charge on any atom is 0.184 e. The highest BCUT2D eigenvalue weighted by molar-refractivity contribution is 9.10. The molecule has 0 radical (unpaired) electrons. The van der Waals surface area contributed by atoms with Crippen molar-refractivity contribution in [3.63, 3.8) is 0 Å². The Morgan fingerprint density at radius 1 is 1.39 bits per heavy atom. The lowest BCUT2D eigenvalue weighted by Crippen LogP contribution is -2.19. The lowest BCUT2D eigenvalue weighted by molar-refractivity contribution is -0.0369. The topological polar surface area (TPSA) is 27.1 Å². The molecule has 96 valence electrons. The monoisotopic (exact) mass is 316 g/mol. The fourth-order valence-corrected chi connectivity index (χ4v) is 2.75. The minimum Gasteiger partial charge on any atom is -0.356 e. The standard InChI is InChI=1S/C12H11BrF2N2O/c13-8-5-9(14)11(15)12-7(8)6-16-17(12)10-3-1-2-4-18-10/h5-6,10H,1-4H2. The van der Waals surface area contributed by atoms with Crippen LogP contribution in [-0.2, 0) is 4.74 Å². The number of ether oxygens (including phenoxy) is 1. The van der Waals surface area contributed by atoms with Crippen LogP contribution in [0.3, 0.4) is 0 Å². The average molecular weight is 317 g/mol. The van der Waals surface area contributed by atoms with E-state index in [-0.39, 0.29) is 11.7 Å². The lowest BCUT2D eigenvalue weighted by atomic mass is 10.2. The highest BCUT2D eigenvalue weighted by atomic mass is 79.9. The normalized spacial score (nSPS) is 20.5. The molecule has 18 heavy (non-hydrogen) atoms. The van der Waals surface area contributed by atoms with Gasteiger partial charge in [-0.25, -0.2) is 13.5 Å². The van der Waals surface area contributed by atoms with Crippen molar-refractivity contribution in [2.45, 2.75) is 25.5 Å². The molecule has 0 N–H and O–H groups in total. The van der Waals surface area contributed by atoms with Gasteiger partial charge < -0.3 is 4.74 Å². The van der Waals surface area contributed by atoms with Crippen LogP contribution in [-0.4, -0.2) is 16.4 Å². The average Bonchev–Trinajstić information content (AvgIpc) is 2.82. The minimum atomic E-state index is -0.882. The van der Waals surface area contributed by atoms with Crippen molar-refractivity contribution in [3.05, 3.63) is 28.4 Å². The third kappa shape index (κ3) is 1.83. The number of aromatic nitrogens is 2. The minimum absolute atomic E-state index is 0.161. The first kappa shape index (κ1) is 12.0. The van der Waals surface area contributed by atoms with Crippen molar-refractivity contribution in [1.82, 2.24) is 9.78 Å². The van der Waals surface area contributed by atoms with Crippen LogP contribution in [0, 0.1) is 11.6 Å². The number of rotatable bonds is 1. The molecular weight excluding hydrogens is 306 g/mol. The molecule has 2 heterocycles. The van der Waals surface area contributed by atoms with Gasteiger partial charge in [0.2, 0.25) is 0 Å². The Morgan fingerprint density at radius 3 is 2.94 bits per heavy atom. The summed E-state index contributed by atoms with van der Waals surface area (Å²) < 4.78 is 34.9. The summed E-state index contributed by atoms with van der Waals surface area (Å²) in [6.45, 7) is 0.629. The summed E-state index contributed by atoms with van der Waals surface area (Å²) in [4.78, 5) is 0. The van der Waals surface area contributed by atoms with Gasteiger partial charge in [0.15, 0.2) is 17.9 Å². The quantitative estimate of drug-likeness (QED) is 0.749. The van der Waals surface area contributed by atoms with Crippen molar-refractivity contribution >= 4 is 26.8 Å². The third-order valence-electron chi connectivity index (χ3n) is 3.15. The predicted octanol–water partition coefficient (Wildman–Crippen LogP) is 3.78. The molecule has 3 rings (SSSR count). The molecule has 2 aromatic rings. The Labute approximate surface area is 111 Å². The van der Waals surface area contributed by atoms with Gasteiger partial charge in [0.25, 0.3) is 0 Å². The van der Waals surface area contributed by atoms with Gasteiger partial charge in [-0.1, -0.05) is 0 Å². The first-order valence-corrected chi connectivity index (χ1v) is 6.60. The molecule has 1 aromatic carbocycles. The van der Waals surface area contributed by atoms with E-state index in [4.69, 9.17) is 4.74 Å². The van der Waals surface area contributed by atoms with Crippen LogP contribution in [0.15, 0.2) is 16.7 Å².